The van der Waals surface area contributed by atoms with Gasteiger partial charge >= 0.3 is 5.97 Å². The molecule has 0 amide bonds. The van der Waals surface area contributed by atoms with E-state index in [-0.39, 0.29) is 17.7 Å². The van der Waals surface area contributed by atoms with Gasteiger partial charge in [-0.15, -0.1) is 0 Å². The molecule has 1 atom stereocenters. The van der Waals surface area contributed by atoms with Crippen molar-refractivity contribution in [2.45, 2.75) is 32.7 Å². The summed E-state index contributed by atoms with van der Waals surface area (Å²) in [6.07, 6.45) is 1.07. The van der Waals surface area contributed by atoms with E-state index in [0.29, 0.717) is 41.2 Å². The number of Topliss-reactive ketones (excluding diaryl/α,β-unsaturated/α-hetero) is 1. The Labute approximate surface area is 205 Å². The quantitative estimate of drug-likeness (QED) is 0.605. The molecule has 0 saturated carbocycles. The molecule has 0 saturated heterocycles. The maximum atomic E-state index is 13.8. The van der Waals surface area contributed by atoms with E-state index in [1.54, 1.807) is 27.4 Å². The summed E-state index contributed by atoms with van der Waals surface area (Å²) in [5.41, 5.74) is 3.52. The SMILES string of the molecule is COC(=O)CN1c2ccccc2NC2=C(C(=O)CC(C)(C)C2)[C@H]1c1ccc(OC)c(OC)c1OC. The molecule has 0 radical (unpaired) electrons. The van der Waals surface area contributed by atoms with E-state index in [0.717, 1.165) is 17.1 Å². The van der Waals surface area contributed by atoms with Gasteiger partial charge in [0.25, 0.3) is 0 Å². The van der Waals surface area contributed by atoms with Crippen molar-refractivity contribution in [3.8, 4) is 17.2 Å². The largest absolute Gasteiger partial charge is 0.493 e. The molecule has 2 aromatic rings. The molecule has 0 aromatic heterocycles. The second-order valence-electron chi connectivity index (χ2n) is 9.51. The van der Waals surface area contributed by atoms with Crippen LogP contribution in [0.1, 0.15) is 38.3 Å². The Morgan fingerprint density at radius 3 is 2.37 bits per heavy atom. The fraction of sp³-hybridized carbons (Fsp3) is 0.407. The zero-order valence-corrected chi connectivity index (χ0v) is 21.1. The summed E-state index contributed by atoms with van der Waals surface area (Å²) < 4.78 is 22.0. The average molecular weight is 481 g/mol. The van der Waals surface area contributed by atoms with Crippen LogP contribution in [0.3, 0.4) is 0 Å². The van der Waals surface area contributed by atoms with Crippen molar-refractivity contribution < 1.29 is 28.5 Å². The summed E-state index contributed by atoms with van der Waals surface area (Å²) in [7, 11) is 6.00. The minimum absolute atomic E-state index is 0.0215. The Morgan fingerprint density at radius 1 is 1.00 bits per heavy atom. The summed E-state index contributed by atoms with van der Waals surface area (Å²) in [4.78, 5) is 28.3. The lowest BCUT2D eigenvalue weighted by Gasteiger charge is -2.38. The number of ketones is 1. The number of anilines is 2. The monoisotopic (exact) mass is 480 g/mol. The molecule has 0 fully saturated rings. The zero-order chi connectivity index (χ0) is 25.3. The molecule has 1 N–H and O–H groups in total. The van der Waals surface area contributed by atoms with Gasteiger partial charge in [-0.1, -0.05) is 26.0 Å². The second kappa shape index (κ2) is 9.52. The van der Waals surface area contributed by atoms with Crippen LogP contribution >= 0.6 is 0 Å². The molecule has 1 heterocycles. The number of nitrogens with zero attached hydrogens (tertiary/aromatic N) is 1. The molecule has 2 aromatic carbocycles. The van der Waals surface area contributed by atoms with E-state index in [9.17, 15) is 9.59 Å². The summed E-state index contributed by atoms with van der Waals surface area (Å²) in [6, 6.07) is 10.7. The van der Waals surface area contributed by atoms with E-state index >= 15 is 0 Å². The molecule has 0 unspecified atom stereocenters. The van der Waals surface area contributed by atoms with Crippen LogP contribution in [0, 0.1) is 5.41 Å². The van der Waals surface area contributed by atoms with E-state index in [4.69, 9.17) is 18.9 Å². The highest BCUT2D eigenvalue weighted by Gasteiger charge is 2.43. The van der Waals surface area contributed by atoms with Gasteiger partial charge in [-0.2, -0.15) is 0 Å². The molecular weight excluding hydrogens is 448 g/mol. The number of benzene rings is 2. The number of nitrogens with one attached hydrogen (secondary N) is 1. The first-order chi connectivity index (χ1) is 16.7. The Hall–Kier alpha value is -3.68. The third-order valence-electron chi connectivity index (χ3n) is 6.56. The van der Waals surface area contributed by atoms with E-state index in [1.165, 1.54) is 7.11 Å². The maximum Gasteiger partial charge on any atom is 0.325 e. The van der Waals surface area contributed by atoms with Crippen LogP contribution < -0.4 is 24.4 Å². The standard InChI is InChI=1S/C27H32N2O6/c1-27(2)13-18-23(20(30)14-27)24(16-11-12-21(32-3)26(35-6)25(16)34-5)29(15-22(31)33-4)19-10-8-7-9-17(19)28-18/h7-12,24,28H,13-15H2,1-6H3/t24-/m1/s1. The number of esters is 1. The summed E-state index contributed by atoms with van der Waals surface area (Å²) >= 11 is 0. The van der Waals surface area contributed by atoms with E-state index in [1.807, 2.05) is 35.2 Å². The highest BCUT2D eigenvalue weighted by atomic mass is 16.5. The third-order valence-corrected chi connectivity index (χ3v) is 6.56. The van der Waals surface area contributed by atoms with Gasteiger partial charge < -0.3 is 29.2 Å². The van der Waals surface area contributed by atoms with Crippen molar-refractivity contribution in [3.05, 3.63) is 53.2 Å². The van der Waals surface area contributed by atoms with Gasteiger partial charge in [0.05, 0.1) is 45.9 Å². The molecule has 8 heteroatoms. The molecule has 4 rings (SSSR count). The predicted molar refractivity (Wildman–Crippen MR) is 133 cm³/mol. The second-order valence-corrected chi connectivity index (χ2v) is 9.51. The van der Waals surface area contributed by atoms with Crippen molar-refractivity contribution in [1.82, 2.24) is 0 Å². The van der Waals surface area contributed by atoms with Gasteiger partial charge in [0, 0.05) is 23.3 Å². The number of fused-ring (bicyclic) bond motifs is 1. The highest BCUT2D eigenvalue weighted by Crippen LogP contribution is 2.52. The van der Waals surface area contributed by atoms with Crippen molar-refractivity contribution in [2.75, 3.05) is 45.2 Å². The minimum Gasteiger partial charge on any atom is -0.493 e. The first kappa shape index (κ1) is 24.4. The predicted octanol–water partition coefficient (Wildman–Crippen LogP) is 4.50. The smallest absolute Gasteiger partial charge is 0.325 e. The molecule has 1 aliphatic carbocycles. The third kappa shape index (κ3) is 4.40. The zero-order valence-electron chi connectivity index (χ0n) is 21.1. The number of allylic oxidation sites excluding steroid dienone is 1. The Kier molecular flexibility index (Phi) is 6.65. The van der Waals surface area contributed by atoms with Gasteiger partial charge in [-0.3, -0.25) is 9.59 Å². The van der Waals surface area contributed by atoms with Crippen LogP contribution in [0.25, 0.3) is 0 Å². The normalized spacial score (nSPS) is 18.6. The lowest BCUT2D eigenvalue weighted by atomic mass is 9.73. The van der Waals surface area contributed by atoms with Crippen LogP contribution in [0.2, 0.25) is 0 Å². The van der Waals surface area contributed by atoms with Crippen LogP contribution in [0.15, 0.2) is 47.7 Å². The average Bonchev–Trinajstić information content (AvgIpc) is 2.96. The molecular formula is C27H32N2O6. The van der Waals surface area contributed by atoms with Crippen molar-refractivity contribution in [3.63, 3.8) is 0 Å². The van der Waals surface area contributed by atoms with Crippen molar-refractivity contribution in [2.24, 2.45) is 5.41 Å². The maximum absolute atomic E-state index is 13.8. The number of hydrogen-bond donors (Lipinski definition) is 1. The molecule has 0 bridgehead atoms. The minimum atomic E-state index is -0.626. The summed E-state index contributed by atoms with van der Waals surface area (Å²) in [5.74, 6) is 0.965. The van der Waals surface area contributed by atoms with Crippen molar-refractivity contribution >= 4 is 23.1 Å². The number of carbonyl (C=O) groups excluding carboxylic acids is 2. The van der Waals surface area contributed by atoms with Crippen LogP contribution in [-0.4, -0.2) is 46.7 Å². The van der Waals surface area contributed by atoms with Crippen molar-refractivity contribution in [1.29, 1.82) is 0 Å². The summed E-state index contributed by atoms with van der Waals surface area (Å²) in [6.45, 7) is 4.11. The number of methoxy groups -OCH3 is 4. The van der Waals surface area contributed by atoms with Gasteiger partial charge in [0.15, 0.2) is 17.3 Å². The summed E-state index contributed by atoms with van der Waals surface area (Å²) in [5, 5.41) is 3.53. The molecule has 1 aliphatic heterocycles. The lowest BCUT2D eigenvalue weighted by molar-refractivity contribution is -0.139. The number of carbonyl (C=O) groups is 2. The molecule has 8 nitrogen and oxygen atoms in total. The Bertz CT molecular complexity index is 1190. The van der Waals surface area contributed by atoms with Gasteiger partial charge in [-0.25, -0.2) is 0 Å². The molecule has 2 aliphatic rings. The van der Waals surface area contributed by atoms with Crippen LogP contribution in [0.4, 0.5) is 11.4 Å². The van der Waals surface area contributed by atoms with Gasteiger partial charge in [0.2, 0.25) is 5.75 Å². The first-order valence-electron chi connectivity index (χ1n) is 11.5. The number of rotatable bonds is 6. The van der Waals surface area contributed by atoms with Crippen LogP contribution in [0.5, 0.6) is 17.2 Å². The number of hydrogen-bond acceptors (Lipinski definition) is 8. The van der Waals surface area contributed by atoms with E-state index in [2.05, 4.69) is 19.2 Å². The fourth-order valence-electron chi connectivity index (χ4n) is 5.09. The Morgan fingerprint density at radius 2 is 1.71 bits per heavy atom. The van der Waals surface area contributed by atoms with Gasteiger partial charge in [0.1, 0.15) is 6.54 Å². The number of para-hydroxylation sites is 2. The topological polar surface area (TPSA) is 86.3 Å². The molecule has 35 heavy (non-hydrogen) atoms. The first-order valence-corrected chi connectivity index (χ1v) is 11.5. The van der Waals surface area contributed by atoms with E-state index < -0.39 is 12.0 Å². The fourth-order valence-corrected chi connectivity index (χ4v) is 5.09. The van der Waals surface area contributed by atoms with Crippen LogP contribution in [-0.2, 0) is 14.3 Å². The highest BCUT2D eigenvalue weighted by molar-refractivity contribution is 6.02. The Balaban J connectivity index is 2.05. The number of ether oxygens (including phenoxy) is 4. The molecule has 186 valence electrons. The lowest BCUT2D eigenvalue weighted by Crippen LogP contribution is -2.39. The van der Waals surface area contributed by atoms with Gasteiger partial charge in [-0.05, 0) is 36.1 Å². The molecule has 0 spiro atoms.